The van der Waals surface area contributed by atoms with E-state index in [0.717, 1.165) is 12.8 Å². The van der Waals surface area contributed by atoms with Gasteiger partial charge in [0.2, 0.25) is 6.54 Å². The summed E-state index contributed by atoms with van der Waals surface area (Å²) in [5, 5.41) is 22.2. The minimum Gasteiger partial charge on any atom is -0.550 e. The third-order valence-electron chi connectivity index (χ3n) is 5.76. The van der Waals surface area contributed by atoms with Gasteiger partial charge in [0.1, 0.15) is 0 Å². The van der Waals surface area contributed by atoms with Crippen LogP contribution < -0.4 is 5.11 Å². The second kappa shape index (κ2) is 4.82. The summed E-state index contributed by atoms with van der Waals surface area (Å²) in [4.78, 5) is 21.8. The number of carboxylic acids is 1. The summed E-state index contributed by atoms with van der Waals surface area (Å²) in [6.07, 6.45) is 4.37. The van der Waals surface area contributed by atoms with Crippen LogP contribution in [0.15, 0.2) is 11.6 Å². The summed E-state index contributed by atoms with van der Waals surface area (Å²) in [5.41, 5.74) is 0.492. The summed E-state index contributed by atoms with van der Waals surface area (Å²) >= 11 is 0. The minimum atomic E-state index is -1.18. The molecule has 0 aromatic rings. The zero-order valence-electron chi connectivity index (χ0n) is 13.3. The van der Waals surface area contributed by atoms with Crippen LogP contribution in [0.3, 0.4) is 0 Å². The first kappa shape index (κ1) is 16.0. The molecule has 3 atom stereocenters. The molecule has 0 aliphatic heterocycles. The van der Waals surface area contributed by atoms with Gasteiger partial charge in [0.05, 0.1) is 0 Å². The van der Waals surface area contributed by atoms with Gasteiger partial charge in [0.15, 0.2) is 0 Å². The number of hydrogen-bond acceptors (Lipinski definition) is 4. The highest BCUT2D eigenvalue weighted by molar-refractivity contribution is 5.66. The van der Waals surface area contributed by atoms with Crippen LogP contribution in [0.1, 0.15) is 53.4 Å². The van der Waals surface area contributed by atoms with Crippen LogP contribution in [0.2, 0.25) is 0 Å². The molecule has 0 bridgehead atoms. The number of carbonyl (C=O) groups excluding carboxylic acids is 1. The van der Waals surface area contributed by atoms with Gasteiger partial charge in [0, 0.05) is 16.3 Å². The van der Waals surface area contributed by atoms with E-state index in [4.69, 9.17) is 0 Å². The topological polar surface area (TPSA) is 83.3 Å². The second-order valence-electron chi connectivity index (χ2n) is 7.82. The molecule has 1 fully saturated rings. The van der Waals surface area contributed by atoms with Crippen LogP contribution in [0.4, 0.5) is 0 Å². The fraction of sp³-hybridized carbons (Fsp3) is 0.812. The highest BCUT2D eigenvalue weighted by Gasteiger charge is 2.69. The van der Waals surface area contributed by atoms with E-state index in [0.29, 0.717) is 6.42 Å². The molecule has 0 N–H and O–H groups in total. The number of nitrogens with zero attached hydrogens (tertiary/aromatic N) is 1. The third kappa shape index (κ3) is 2.36. The number of carboxylic acid groups (broad SMARTS) is 1. The van der Waals surface area contributed by atoms with E-state index in [2.05, 4.69) is 33.8 Å². The SMILES string of the molecule is CCC1=CC2C(CC(=O)[O-])(C[N+](=O)[O-])CC2(C(C)(C)C)C1. The molecule has 1 saturated carbocycles. The van der Waals surface area contributed by atoms with Gasteiger partial charge in [-0.05, 0) is 42.4 Å². The maximum atomic E-state index is 11.1. The average molecular weight is 294 g/mol. The summed E-state index contributed by atoms with van der Waals surface area (Å²) < 4.78 is 0. The molecular formula is C16H24NO4-. The summed E-state index contributed by atoms with van der Waals surface area (Å²) in [7, 11) is 0. The summed E-state index contributed by atoms with van der Waals surface area (Å²) in [5.74, 6) is -1.21. The monoisotopic (exact) mass is 294 g/mol. The van der Waals surface area contributed by atoms with Crippen LogP contribution in [-0.4, -0.2) is 17.4 Å². The lowest BCUT2D eigenvalue weighted by molar-refractivity contribution is -0.510. The average Bonchev–Trinajstić information content (AvgIpc) is 2.61. The number of hydrogen-bond donors (Lipinski definition) is 0. The number of carbonyl (C=O) groups is 1. The number of rotatable bonds is 5. The van der Waals surface area contributed by atoms with Crippen molar-refractivity contribution in [3.05, 3.63) is 21.8 Å². The van der Waals surface area contributed by atoms with Crippen LogP contribution in [-0.2, 0) is 4.79 Å². The van der Waals surface area contributed by atoms with Gasteiger partial charge in [0.25, 0.3) is 0 Å². The Morgan fingerprint density at radius 2 is 2.10 bits per heavy atom. The zero-order chi connectivity index (χ0) is 16.1. The Morgan fingerprint density at radius 1 is 1.48 bits per heavy atom. The molecule has 2 aliphatic rings. The van der Waals surface area contributed by atoms with Crippen LogP contribution in [0, 0.1) is 32.3 Å². The van der Waals surface area contributed by atoms with Gasteiger partial charge in [-0.15, -0.1) is 0 Å². The lowest BCUT2D eigenvalue weighted by atomic mass is 9.39. The fourth-order valence-corrected chi connectivity index (χ4v) is 4.68. The van der Waals surface area contributed by atoms with Gasteiger partial charge in [-0.1, -0.05) is 39.3 Å². The maximum Gasteiger partial charge on any atom is 0.210 e. The van der Waals surface area contributed by atoms with Crippen molar-refractivity contribution in [3.63, 3.8) is 0 Å². The Labute approximate surface area is 125 Å². The van der Waals surface area contributed by atoms with Crippen molar-refractivity contribution in [3.8, 4) is 0 Å². The van der Waals surface area contributed by atoms with Gasteiger partial charge < -0.3 is 9.90 Å². The molecule has 0 aromatic carbocycles. The van der Waals surface area contributed by atoms with Crippen molar-refractivity contribution in [2.24, 2.45) is 22.2 Å². The van der Waals surface area contributed by atoms with E-state index in [1.807, 2.05) is 0 Å². The van der Waals surface area contributed by atoms with Crippen LogP contribution in [0.5, 0.6) is 0 Å². The van der Waals surface area contributed by atoms with E-state index < -0.39 is 11.4 Å². The van der Waals surface area contributed by atoms with Crippen molar-refractivity contribution < 1.29 is 14.8 Å². The van der Waals surface area contributed by atoms with Crippen LogP contribution in [0.25, 0.3) is 0 Å². The smallest absolute Gasteiger partial charge is 0.210 e. The molecule has 5 heteroatoms. The van der Waals surface area contributed by atoms with Crippen molar-refractivity contribution in [2.75, 3.05) is 6.54 Å². The normalized spacial score (nSPS) is 34.9. The maximum absolute atomic E-state index is 11.1. The first-order chi connectivity index (χ1) is 9.56. The fourth-order valence-electron chi connectivity index (χ4n) is 4.68. The molecule has 0 spiro atoms. The Balaban J connectivity index is 2.40. The summed E-state index contributed by atoms with van der Waals surface area (Å²) in [6.45, 7) is 8.27. The molecule has 118 valence electrons. The van der Waals surface area contributed by atoms with E-state index >= 15 is 0 Å². The minimum absolute atomic E-state index is 0.00286. The second-order valence-corrected chi connectivity index (χ2v) is 7.82. The van der Waals surface area contributed by atoms with E-state index in [1.54, 1.807) is 0 Å². The molecule has 5 nitrogen and oxygen atoms in total. The Kier molecular flexibility index (Phi) is 3.67. The molecule has 3 unspecified atom stereocenters. The van der Waals surface area contributed by atoms with Gasteiger partial charge in [-0.3, -0.25) is 10.1 Å². The van der Waals surface area contributed by atoms with E-state index in [-0.39, 0.29) is 34.6 Å². The predicted molar refractivity (Wildman–Crippen MR) is 76.9 cm³/mol. The molecule has 2 rings (SSSR count). The highest BCUT2D eigenvalue weighted by Crippen LogP contribution is 2.73. The van der Waals surface area contributed by atoms with Gasteiger partial charge in [-0.2, -0.15) is 0 Å². The van der Waals surface area contributed by atoms with Crippen LogP contribution >= 0.6 is 0 Å². The van der Waals surface area contributed by atoms with Crippen molar-refractivity contribution in [1.29, 1.82) is 0 Å². The van der Waals surface area contributed by atoms with Crippen molar-refractivity contribution in [1.82, 2.24) is 0 Å². The van der Waals surface area contributed by atoms with Gasteiger partial charge in [-0.25, -0.2) is 0 Å². The highest BCUT2D eigenvalue weighted by atomic mass is 16.6. The van der Waals surface area contributed by atoms with E-state index in [1.165, 1.54) is 5.57 Å². The zero-order valence-corrected chi connectivity index (χ0v) is 13.3. The quantitative estimate of drug-likeness (QED) is 0.442. The largest absolute Gasteiger partial charge is 0.550 e. The van der Waals surface area contributed by atoms with E-state index in [9.17, 15) is 20.0 Å². The molecule has 0 radical (unpaired) electrons. The lowest BCUT2D eigenvalue weighted by Crippen LogP contribution is -2.63. The predicted octanol–water partition coefficient (Wildman–Crippen LogP) is 2.18. The molecular weight excluding hydrogens is 270 g/mol. The molecule has 0 aromatic heterocycles. The number of nitro groups is 1. The number of fused-ring (bicyclic) bond motifs is 1. The number of allylic oxidation sites excluding steroid dienone is 2. The summed E-state index contributed by atoms with van der Waals surface area (Å²) in [6, 6.07) is 0. The lowest BCUT2D eigenvalue weighted by Gasteiger charge is -2.64. The molecule has 21 heavy (non-hydrogen) atoms. The molecule has 2 aliphatic carbocycles. The van der Waals surface area contributed by atoms with Crippen molar-refractivity contribution in [2.45, 2.75) is 53.4 Å². The molecule has 0 heterocycles. The Bertz CT molecular complexity index is 487. The first-order valence-electron chi connectivity index (χ1n) is 7.57. The molecule has 0 amide bonds. The standard InChI is InChI=1S/C16H25NO4/c1-5-11-6-12-15(8-13(18)19,10-17(20)21)9-16(12,7-11)14(2,3)4/h6,12H,5,7-10H2,1-4H3,(H,18,19)/p-1. The third-order valence-corrected chi connectivity index (χ3v) is 5.76. The first-order valence-corrected chi connectivity index (χ1v) is 7.57. The van der Waals surface area contributed by atoms with Gasteiger partial charge >= 0.3 is 0 Å². The van der Waals surface area contributed by atoms with Crippen molar-refractivity contribution >= 4 is 5.97 Å². The molecule has 0 saturated heterocycles. The number of aliphatic carboxylic acids is 1. The Morgan fingerprint density at radius 3 is 2.52 bits per heavy atom. The Hall–Kier alpha value is -1.39.